The lowest BCUT2D eigenvalue weighted by Gasteiger charge is -2.48. The van der Waals surface area contributed by atoms with Gasteiger partial charge < -0.3 is 15.5 Å². The highest BCUT2D eigenvalue weighted by molar-refractivity contribution is 6.05. The zero-order chi connectivity index (χ0) is 23.1. The molecule has 2 aliphatic rings. The Morgan fingerprint density at radius 3 is 2.59 bits per heavy atom. The Labute approximate surface area is 197 Å². The third-order valence-corrected chi connectivity index (χ3v) is 7.00. The number of aromatic nitrogens is 5. The van der Waals surface area contributed by atoms with Crippen LogP contribution in [-0.2, 0) is 7.05 Å². The molecule has 6 rings (SSSR count). The zero-order valence-electron chi connectivity index (χ0n) is 19.0. The molecular weight excluding hydrogens is 428 g/mol. The molecule has 0 aliphatic carbocycles. The second-order valence-electron chi connectivity index (χ2n) is 9.34. The number of anilines is 2. The fourth-order valence-electron chi connectivity index (χ4n) is 4.78. The topological polar surface area (TPSA) is 101 Å². The van der Waals surface area contributed by atoms with Crippen LogP contribution in [0.25, 0.3) is 22.0 Å². The first-order chi connectivity index (χ1) is 16.6. The summed E-state index contributed by atoms with van der Waals surface area (Å²) in [6.45, 7) is 4.18. The molecule has 0 radical (unpaired) electrons. The standard InChI is InChI=1S/C25H26N8O/c1-32-14-20(13-30-32)21-8-18-9-22(29-12-19(18)11-28-21)31-24(34)17-2-5-27-23(10-17)33-6-3-25(4-7-33)15-26-16-25/h2,5,8-14,26H,3-4,6-7,15-16H2,1H3,(H,29,31,34). The second kappa shape index (κ2) is 8.18. The first-order valence-electron chi connectivity index (χ1n) is 11.5. The average Bonchev–Trinajstić information content (AvgIpc) is 3.29. The summed E-state index contributed by atoms with van der Waals surface area (Å²) in [5.74, 6) is 1.15. The van der Waals surface area contributed by atoms with Crippen molar-refractivity contribution in [2.75, 3.05) is 36.4 Å². The molecule has 6 heterocycles. The summed E-state index contributed by atoms with van der Waals surface area (Å²) in [6.07, 6.45) is 11.2. The van der Waals surface area contributed by atoms with Gasteiger partial charge in [0.1, 0.15) is 11.6 Å². The molecule has 4 aromatic rings. The molecule has 9 nitrogen and oxygen atoms in total. The fourth-order valence-corrected chi connectivity index (χ4v) is 4.78. The highest BCUT2D eigenvalue weighted by atomic mass is 16.1. The summed E-state index contributed by atoms with van der Waals surface area (Å²) in [6, 6.07) is 7.46. The van der Waals surface area contributed by atoms with E-state index in [2.05, 4.69) is 35.6 Å². The highest BCUT2D eigenvalue weighted by Gasteiger charge is 2.39. The van der Waals surface area contributed by atoms with Crippen LogP contribution in [0.3, 0.4) is 0 Å². The van der Waals surface area contributed by atoms with E-state index >= 15 is 0 Å². The van der Waals surface area contributed by atoms with Crippen molar-refractivity contribution in [3.63, 3.8) is 0 Å². The second-order valence-corrected chi connectivity index (χ2v) is 9.34. The van der Waals surface area contributed by atoms with Crippen LogP contribution in [0.4, 0.5) is 11.6 Å². The van der Waals surface area contributed by atoms with Crippen molar-refractivity contribution in [1.29, 1.82) is 0 Å². The van der Waals surface area contributed by atoms with E-state index in [1.807, 2.05) is 31.4 Å². The van der Waals surface area contributed by atoms with Crippen LogP contribution in [0.15, 0.2) is 55.2 Å². The number of hydrogen-bond donors (Lipinski definition) is 2. The summed E-state index contributed by atoms with van der Waals surface area (Å²) in [7, 11) is 1.88. The molecule has 0 aromatic carbocycles. The molecule has 2 aliphatic heterocycles. The molecule has 0 unspecified atom stereocenters. The Hall–Kier alpha value is -3.85. The monoisotopic (exact) mass is 454 g/mol. The molecule has 34 heavy (non-hydrogen) atoms. The highest BCUT2D eigenvalue weighted by Crippen LogP contribution is 2.36. The largest absolute Gasteiger partial charge is 0.357 e. The fraction of sp³-hybridized carbons (Fsp3) is 0.320. The van der Waals surface area contributed by atoms with Crippen LogP contribution in [0.1, 0.15) is 23.2 Å². The Balaban J connectivity index is 1.19. The Bertz CT molecular complexity index is 1370. The molecule has 1 amide bonds. The van der Waals surface area contributed by atoms with Gasteiger partial charge in [0.05, 0.1) is 11.9 Å². The van der Waals surface area contributed by atoms with Crippen molar-refractivity contribution >= 4 is 28.3 Å². The van der Waals surface area contributed by atoms with Gasteiger partial charge >= 0.3 is 0 Å². The van der Waals surface area contributed by atoms with Gasteiger partial charge in [-0.05, 0) is 47.9 Å². The van der Waals surface area contributed by atoms with Crippen LogP contribution in [0.5, 0.6) is 0 Å². The number of nitrogens with one attached hydrogen (secondary N) is 2. The number of carbonyl (C=O) groups excluding carboxylic acids is 1. The van der Waals surface area contributed by atoms with Crippen LogP contribution >= 0.6 is 0 Å². The Morgan fingerprint density at radius 2 is 1.85 bits per heavy atom. The first-order valence-corrected chi connectivity index (χ1v) is 11.5. The number of fused-ring (bicyclic) bond motifs is 1. The zero-order valence-corrected chi connectivity index (χ0v) is 19.0. The molecule has 0 saturated carbocycles. The quantitative estimate of drug-likeness (QED) is 0.489. The van der Waals surface area contributed by atoms with Crippen LogP contribution in [-0.4, -0.2) is 56.8 Å². The van der Waals surface area contributed by atoms with Crippen molar-refractivity contribution in [3.05, 3.63) is 60.8 Å². The van der Waals surface area contributed by atoms with E-state index in [1.54, 1.807) is 35.5 Å². The smallest absolute Gasteiger partial charge is 0.257 e. The van der Waals surface area contributed by atoms with Crippen molar-refractivity contribution in [3.8, 4) is 11.3 Å². The van der Waals surface area contributed by atoms with Crippen LogP contribution in [0, 0.1) is 5.41 Å². The maximum Gasteiger partial charge on any atom is 0.257 e. The predicted octanol–water partition coefficient (Wildman–Crippen LogP) is 2.87. The summed E-state index contributed by atoms with van der Waals surface area (Å²) >= 11 is 0. The molecular formula is C25H26N8O. The minimum Gasteiger partial charge on any atom is -0.357 e. The van der Waals surface area contributed by atoms with Gasteiger partial charge in [0.2, 0.25) is 0 Å². The molecule has 1 spiro atoms. The number of hydrogen-bond acceptors (Lipinski definition) is 7. The van der Waals surface area contributed by atoms with Gasteiger partial charge in [-0.1, -0.05) is 0 Å². The summed E-state index contributed by atoms with van der Waals surface area (Å²) in [4.78, 5) is 28.7. The van der Waals surface area contributed by atoms with Crippen molar-refractivity contribution in [2.24, 2.45) is 12.5 Å². The number of piperidine rings is 1. The summed E-state index contributed by atoms with van der Waals surface area (Å²) in [5.41, 5.74) is 2.81. The number of nitrogens with zero attached hydrogens (tertiary/aromatic N) is 6. The van der Waals surface area contributed by atoms with Crippen molar-refractivity contribution in [1.82, 2.24) is 30.0 Å². The SMILES string of the molecule is Cn1cc(-c2cc3cc(NC(=O)c4ccnc(N5CCC6(CC5)CNC6)c4)ncc3cn2)cn1. The lowest BCUT2D eigenvalue weighted by molar-refractivity contribution is 0.102. The molecule has 2 fully saturated rings. The number of aryl methyl sites for hydroxylation is 1. The number of pyridine rings is 3. The Kier molecular flexibility index (Phi) is 4.99. The third kappa shape index (κ3) is 3.88. The molecule has 0 bridgehead atoms. The molecule has 4 aromatic heterocycles. The van der Waals surface area contributed by atoms with E-state index in [1.165, 1.54) is 0 Å². The normalized spacial score (nSPS) is 17.0. The molecule has 2 N–H and O–H groups in total. The van der Waals surface area contributed by atoms with E-state index in [0.717, 1.165) is 66.9 Å². The van der Waals surface area contributed by atoms with Crippen molar-refractivity contribution in [2.45, 2.75) is 12.8 Å². The van der Waals surface area contributed by atoms with Crippen molar-refractivity contribution < 1.29 is 4.79 Å². The van der Waals surface area contributed by atoms with Gasteiger partial charge in [0.25, 0.3) is 5.91 Å². The minimum atomic E-state index is -0.200. The van der Waals surface area contributed by atoms with Gasteiger partial charge in [-0.2, -0.15) is 5.10 Å². The van der Waals surface area contributed by atoms with Gasteiger partial charge in [-0.25, -0.2) is 9.97 Å². The van der Waals surface area contributed by atoms with Crippen LogP contribution in [0.2, 0.25) is 0 Å². The van der Waals surface area contributed by atoms with Gasteiger partial charge in [0.15, 0.2) is 0 Å². The molecule has 0 atom stereocenters. The summed E-state index contributed by atoms with van der Waals surface area (Å²) in [5, 5.41) is 12.4. The predicted molar refractivity (Wildman–Crippen MR) is 131 cm³/mol. The maximum atomic E-state index is 13.0. The van der Waals surface area contributed by atoms with Gasteiger partial charge in [-0.3, -0.25) is 14.5 Å². The number of amides is 1. The average molecular weight is 455 g/mol. The molecule has 9 heteroatoms. The maximum absolute atomic E-state index is 13.0. The van der Waals surface area contributed by atoms with E-state index in [0.29, 0.717) is 16.8 Å². The van der Waals surface area contributed by atoms with E-state index in [-0.39, 0.29) is 5.91 Å². The molecule has 172 valence electrons. The lowest BCUT2D eigenvalue weighted by atomic mass is 9.73. The van der Waals surface area contributed by atoms with E-state index in [9.17, 15) is 4.79 Å². The summed E-state index contributed by atoms with van der Waals surface area (Å²) < 4.78 is 1.74. The van der Waals surface area contributed by atoms with Gasteiger partial charge in [0, 0.05) is 74.5 Å². The molecule has 2 saturated heterocycles. The third-order valence-electron chi connectivity index (χ3n) is 7.00. The number of rotatable bonds is 4. The van der Waals surface area contributed by atoms with E-state index < -0.39 is 0 Å². The minimum absolute atomic E-state index is 0.200. The van der Waals surface area contributed by atoms with Crippen LogP contribution < -0.4 is 15.5 Å². The van der Waals surface area contributed by atoms with Gasteiger partial charge in [-0.15, -0.1) is 0 Å². The number of carbonyl (C=O) groups is 1. The first kappa shape index (κ1) is 20.7. The Morgan fingerprint density at radius 1 is 1.03 bits per heavy atom. The van der Waals surface area contributed by atoms with E-state index in [4.69, 9.17) is 0 Å². The lowest BCUT2D eigenvalue weighted by Crippen LogP contribution is -2.58.